The first-order valence-corrected chi connectivity index (χ1v) is 5.45. The van der Waals surface area contributed by atoms with Gasteiger partial charge in [0, 0.05) is 25.2 Å². The maximum Gasteiger partial charge on any atom is 0.118 e. The Hall–Kier alpha value is -0.640. The van der Waals surface area contributed by atoms with Crippen LogP contribution >= 0.6 is 23.2 Å². The summed E-state index contributed by atoms with van der Waals surface area (Å²) in [5.41, 5.74) is 0.777. The van der Waals surface area contributed by atoms with Gasteiger partial charge in [0.25, 0.3) is 0 Å². The first-order chi connectivity index (χ1) is 7.18. The van der Waals surface area contributed by atoms with Crippen molar-refractivity contribution in [1.29, 1.82) is 0 Å². The lowest BCUT2D eigenvalue weighted by Gasteiger charge is -2.30. The third-order valence-electron chi connectivity index (χ3n) is 2.33. The van der Waals surface area contributed by atoms with Crippen LogP contribution in [0.2, 0.25) is 10.0 Å². The second-order valence-electron chi connectivity index (χ2n) is 3.36. The van der Waals surface area contributed by atoms with E-state index in [-0.39, 0.29) is 5.75 Å². The molecular weight excluding hydrogens is 237 g/mol. The van der Waals surface area contributed by atoms with Crippen LogP contribution in [-0.4, -0.2) is 31.4 Å². The lowest BCUT2D eigenvalue weighted by Crippen LogP contribution is -2.36. The monoisotopic (exact) mass is 247 g/mol. The molecule has 1 heterocycles. The molecule has 1 aromatic rings. The van der Waals surface area contributed by atoms with Gasteiger partial charge in [-0.05, 0) is 0 Å². The van der Waals surface area contributed by atoms with Gasteiger partial charge in [0.05, 0.1) is 28.9 Å². The fraction of sp³-hybridized carbons (Fsp3) is 0.400. The Morgan fingerprint density at radius 1 is 1.13 bits per heavy atom. The zero-order chi connectivity index (χ0) is 10.8. The van der Waals surface area contributed by atoms with Gasteiger partial charge in [-0.2, -0.15) is 0 Å². The predicted molar refractivity (Wildman–Crippen MR) is 61.2 cm³/mol. The highest BCUT2D eigenvalue weighted by Crippen LogP contribution is 2.37. The molecule has 1 N–H and O–H groups in total. The molecule has 1 aliphatic rings. The number of nitrogens with zero attached hydrogens (tertiary/aromatic N) is 1. The summed E-state index contributed by atoms with van der Waals surface area (Å²) < 4.78 is 5.25. The summed E-state index contributed by atoms with van der Waals surface area (Å²) in [6.07, 6.45) is 0. The van der Waals surface area contributed by atoms with E-state index in [1.54, 1.807) is 0 Å². The summed E-state index contributed by atoms with van der Waals surface area (Å²) in [5.74, 6) is 0.0852. The third kappa shape index (κ3) is 2.30. The normalized spacial score (nSPS) is 16.8. The van der Waals surface area contributed by atoms with Crippen molar-refractivity contribution in [3.05, 3.63) is 22.2 Å². The van der Waals surface area contributed by atoms with Crippen LogP contribution in [0.1, 0.15) is 0 Å². The van der Waals surface area contributed by atoms with Crippen molar-refractivity contribution in [3.63, 3.8) is 0 Å². The van der Waals surface area contributed by atoms with Gasteiger partial charge in [0.2, 0.25) is 0 Å². The Kier molecular flexibility index (Phi) is 3.24. The Balaban J connectivity index is 2.33. The molecule has 0 aromatic heterocycles. The molecule has 1 saturated heterocycles. The van der Waals surface area contributed by atoms with E-state index in [2.05, 4.69) is 4.90 Å². The maximum atomic E-state index is 9.30. The topological polar surface area (TPSA) is 32.7 Å². The second-order valence-corrected chi connectivity index (χ2v) is 4.17. The number of benzene rings is 1. The number of halogens is 2. The van der Waals surface area contributed by atoms with E-state index in [1.165, 1.54) is 12.1 Å². The standard InChI is InChI=1S/C10H11Cl2NO2/c11-8-5-7(14)6-9(12)10(8)13-1-3-15-4-2-13/h5-6,14H,1-4H2. The van der Waals surface area contributed by atoms with E-state index < -0.39 is 0 Å². The minimum Gasteiger partial charge on any atom is -0.508 e. The van der Waals surface area contributed by atoms with Gasteiger partial charge in [0.1, 0.15) is 5.75 Å². The fourth-order valence-electron chi connectivity index (χ4n) is 1.64. The molecule has 0 saturated carbocycles. The van der Waals surface area contributed by atoms with Crippen LogP contribution in [0.4, 0.5) is 5.69 Å². The van der Waals surface area contributed by atoms with Crippen LogP contribution in [0.5, 0.6) is 5.75 Å². The lowest BCUT2D eigenvalue weighted by molar-refractivity contribution is 0.122. The average Bonchev–Trinajstić information content (AvgIpc) is 2.17. The van der Waals surface area contributed by atoms with Gasteiger partial charge in [-0.3, -0.25) is 0 Å². The van der Waals surface area contributed by atoms with Gasteiger partial charge >= 0.3 is 0 Å². The molecule has 0 atom stereocenters. The highest BCUT2D eigenvalue weighted by Gasteiger charge is 2.17. The Labute approximate surface area is 98.2 Å². The van der Waals surface area contributed by atoms with Gasteiger partial charge in [0.15, 0.2) is 0 Å². The molecular formula is C10H11Cl2NO2. The summed E-state index contributed by atoms with van der Waals surface area (Å²) >= 11 is 12.1. The van der Waals surface area contributed by atoms with Crippen molar-refractivity contribution in [2.45, 2.75) is 0 Å². The van der Waals surface area contributed by atoms with Gasteiger partial charge in [-0.25, -0.2) is 0 Å². The molecule has 5 heteroatoms. The molecule has 1 fully saturated rings. The molecule has 82 valence electrons. The molecule has 1 aliphatic heterocycles. The molecule has 0 unspecified atom stereocenters. The number of morpholine rings is 1. The molecule has 0 spiro atoms. The van der Waals surface area contributed by atoms with E-state index in [1.807, 2.05) is 0 Å². The largest absolute Gasteiger partial charge is 0.508 e. The van der Waals surface area contributed by atoms with Crippen LogP contribution in [-0.2, 0) is 4.74 Å². The number of hydrogen-bond acceptors (Lipinski definition) is 3. The van der Waals surface area contributed by atoms with Crippen LogP contribution in [0, 0.1) is 0 Å². The second kappa shape index (κ2) is 4.47. The van der Waals surface area contributed by atoms with Crippen LogP contribution in [0.15, 0.2) is 12.1 Å². The van der Waals surface area contributed by atoms with Crippen LogP contribution in [0.25, 0.3) is 0 Å². The van der Waals surface area contributed by atoms with Crippen molar-refractivity contribution in [1.82, 2.24) is 0 Å². The highest BCUT2D eigenvalue weighted by atomic mass is 35.5. The Morgan fingerprint density at radius 3 is 2.20 bits per heavy atom. The van der Waals surface area contributed by atoms with Crippen molar-refractivity contribution in [2.24, 2.45) is 0 Å². The Morgan fingerprint density at radius 2 is 1.67 bits per heavy atom. The SMILES string of the molecule is Oc1cc(Cl)c(N2CCOCC2)c(Cl)c1. The summed E-state index contributed by atoms with van der Waals surface area (Å²) in [5, 5.41) is 10.3. The Bertz CT molecular complexity index is 341. The molecule has 15 heavy (non-hydrogen) atoms. The zero-order valence-electron chi connectivity index (χ0n) is 8.04. The van der Waals surface area contributed by atoms with Crippen LogP contribution in [0.3, 0.4) is 0 Å². The number of ether oxygens (including phenoxy) is 1. The molecule has 0 aliphatic carbocycles. The number of aromatic hydroxyl groups is 1. The van der Waals surface area contributed by atoms with E-state index in [0.717, 1.165) is 18.8 Å². The number of phenolic OH excluding ortho intramolecular Hbond substituents is 1. The molecule has 3 nitrogen and oxygen atoms in total. The van der Waals surface area contributed by atoms with Crippen molar-refractivity contribution < 1.29 is 9.84 Å². The third-order valence-corrected chi connectivity index (χ3v) is 2.91. The predicted octanol–water partition coefficient (Wildman–Crippen LogP) is 2.54. The smallest absolute Gasteiger partial charge is 0.118 e. The number of rotatable bonds is 1. The summed E-state index contributed by atoms with van der Waals surface area (Å²) in [6.45, 7) is 2.88. The van der Waals surface area contributed by atoms with E-state index in [9.17, 15) is 5.11 Å². The minimum absolute atomic E-state index is 0.0852. The summed E-state index contributed by atoms with van der Waals surface area (Å²) in [7, 11) is 0. The molecule has 0 bridgehead atoms. The molecule has 1 aromatic carbocycles. The summed E-state index contributed by atoms with van der Waals surface area (Å²) in [6, 6.07) is 3.00. The first-order valence-electron chi connectivity index (χ1n) is 4.69. The maximum absolute atomic E-state index is 9.30. The van der Waals surface area contributed by atoms with Crippen LogP contribution < -0.4 is 4.90 Å². The number of phenols is 1. The minimum atomic E-state index is 0.0852. The van der Waals surface area contributed by atoms with Crippen molar-refractivity contribution in [2.75, 3.05) is 31.2 Å². The zero-order valence-corrected chi connectivity index (χ0v) is 9.55. The first kappa shape index (κ1) is 10.9. The molecule has 0 amide bonds. The fourth-order valence-corrected chi connectivity index (χ4v) is 2.36. The number of hydrogen-bond donors (Lipinski definition) is 1. The van der Waals surface area contributed by atoms with Gasteiger partial charge < -0.3 is 14.7 Å². The lowest BCUT2D eigenvalue weighted by atomic mass is 10.2. The quantitative estimate of drug-likeness (QED) is 0.828. The highest BCUT2D eigenvalue weighted by molar-refractivity contribution is 6.39. The summed E-state index contributed by atoms with van der Waals surface area (Å²) in [4.78, 5) is 2.06. The molecule has 2 rings (SSSR count). The van der Waals surface area contributed by atoms with E-state index in [4.69, 9.17) is 27.9 Å². The number of anilines is 1. The van der Waals surface area contributed by atoms with Gasteiger partial charge in [-0.15, -0.1) is 0 Å². The molecule has 0 radical (unpaired) electrons. The van der Waals surface area contributed by atoms with E-state index in [0.29, 0.717) is 23.3 Å². The van der Waals surface area contributed by atoms with Crippen molar-refractivity contribution in [3.8, 4) is 5.75 Å². The average molecular weight is 248 g/mol. The van der Waals surface area contributed by atoms with Crippen molar-refractivity contribution >= 4 is 28.9 Å². The van der Waals surface area contributed by atoms with E-state index >= 15 is 0 Å². The van der Waals surface area contributed by atoms with Gasteiger partial charge in [-0.1, -0.05) is 23.2 Å².